The molecular weight excluding hydrogens is 426 g/mol. The summed E-state index contributed by atoms with van der Waals surface area (Å²) >= 11 is 7.72. The SMILES string of the molecule is Cc1cc(Cl)cc2sc(N(Cc3ccncc3)C(=O)c3ccc(C(C)(C)C)cc3)nc12. The molecule has 4 rings (SSSR count). The molecule has 4 nitrogen and oxygen atoms in total. The average Bonchev–Trinajstić information content (AvgIpc) is 3.16. The van der Waals surface area contributed by atoms with Crippen LogP contribution in [-0.4, -0.2) is 15.9 Å². The van der Waals surface area contributed by atoms with Crippen molar-refractivity contribution in [3.63, 3.8) is 0 Å². The van der Waals surface area contributed by atoms with Crippen molar-refractivity contribution >= 4 is 44.2 Å². The number of amides is 1. The Labute approximate surface area is 191 Å². The standard InChI is InChI=1S/C25H24ClN3OS/c1-16-13-20(26)14-21-22(16)28-24(31-21)29(15-17-9-11-27-12-10-17)23(30)18-5-7-19(8-6-18)25(2,3)4/h5-14H,15H2,1-4H3. The van der Waals surface area contributed by atoms with Crippen LogP contribution in [-0.2, 0) is 12.0 Å². The van der Waals surface area contributed by atoms with Crippen LogP contribution in [0.5, 0.6) is 0 Å². The lowest BCUT2D eigenvalue weighted by Gasteiger charge is -2.22. The Bertz CT molecular complexity index is 1230. The third-order valence-corrected chi connectivity index (χ3v) is 6.45. The highest BCUT2D eigenvalue weighted by molar-refractivity contribution is 7.22. The maximum absolute atomic E-state index is 13.6. The zero-order valence-corrected chi connectivity index (χ0v) is 19.6. The summed E-state index contributed by atoms with van der Waals surface area (Å²) in [5, 5.41) is 1.33. The summed E-state index contributed by atoms with van der Waals surface area (Å²) in [7, 11) is 0. The van der Waals surface area contributed by atoms with Crippen molar-refractivity contribution in [1.29, 1.82) is 0 Å². The zero-order chi connectivity index (χ0) is 22.2. The third-order valence-electron chi connectivity index (χ3n) is 5.20. The smallest absolute Gasteiger partial charge is 0.260 e. The van der Waals surface area contributed by atoms with E-state index >= 15 is 0 Å². The first-order chi connectivity index (χ1) is 14.7. The predicted octanol–water partition coefficient (Wildman–Crippen LogP) is 6.80. The summed E-state index contributed by atoms with van der Waals surface area (Å²) < 4.78 is 0.968. The number of anilines is 1. The van der Waals surface area contributed by atoms with Crippen LogP contribution in [0.1, 0.15) is 47.8 Å². The predicted molar refractivity (Wildman–Crippen MR) is 129 cm³/mol. The Morgan fingerprint density at radius 3 is 2.39 bits per heavy atom. The monoisotopic (exact) mass is 449 g/mol. The summed E-state index contributed by atoms with van der Waals surface area (Å²) in [5.74, 6) is -0.0833. The molecule has 2 heterocycles. The fourth-order valence-corrected chi connectivity index (χ4v) is 4.84. The van der Waals surface area contributed by atoms with Crippen molar-refractivity contribution in [3.8, 4) is 0 Å². The molecule has 4 aromatic rings. The number of hydrogen-bond donors (Lipinski definition) is 0. The van der Waals surface area contributed by atoms with Crippen molar-refractivity contribution in [3.05, 3.63) is 88.2 Å². The molecule has 0 bridgehead atoms. The van der Waals surface area contributed by atoms with E-state index < -0.39 is 0 Å². The quantitative estimate of drug-likeness (QED) is 0.344. The molecule has 31 heavy (non-hydrogen) atoms. The number of halogens is 1. The van der Waals surface area contributed by atoms with E-state index in [0.717, 1.165) is 21.3 Å². The number of carbonyl (C=O) groups excluding carboxylic acids is 1. The van der Waals surface area contributed by atoms with E-state index in [-0.39, 0.29) is 11.3 Å². The van der Waals surface area contributed by atoms with Crippen LogP contribution in [0.25, 0.3) is 10.2 Å². The van der Waals surface area contributed by atoms with Crippen LogP contribution in [0, 0.1) is 6.92 Å². The first-order valence-electron chi connectivity index (χ1n) is 10.1. The lowest BCUT2D eigenvalue weighted by atomic mass is 9.86. The van der Waals surface area contributed by atoms with Gasteiger partial charge in [0.05, 0.1) is 16.8 Å². The van der Waals surface area contributed by atoms with Gasteiger partial charge in [0.15, 0.2) is 5.13 Å². The highest BCUT2D eigenvalue weighted by atomic mass is 35.5. The fraction of sp³-hybridized carbons (Fsp3) is 0.240. The number of fused-ring (bicyclic) bond motifs is 1. The molecule has 0 spiro atoms. The van der Waals surface area contributed by atoms with Gasteiger partial charge in [-0.05, 0) is 65.4 Å². The van der Waals surface area contributed by atoms with Gasteiger partial charge in [0.2, 0.25) is 0 Å². The molecule has 158 valence electrons. The molecule has 2 aromatic heterocycles. The topological polar surface area (TPSA) is 46.1 Å². The molecule has 0 saturated heterocycles. The second-order valence-electron chi connectivity index (χ2n) is 8.64. The Morgan fingerprint density at radius 2 is 1.74 bits per heavy atom. The van der Waals surface area contributed by atoms with E-state index in [0.29, 0.717) is 22.3 Å². The van der Waals surface area contributed by atoms with Gasteiger partial charge >= 0.3 is 0 Å². The molecule has 0 saturated carbocycles. The van der Waals surface area contributed by atoms with Crippen molar-refractivity contribution in [2.75, 3.05) is 4.90 Å². The van der Waals surface area contributed by atoms with E-state index in [2.05, 4.69) is 25.8 Å². The number of aryl methyl sites for hydroxylation is 1. The number of hydrogen-bond acceptors (Lipinski definition) is 4. The third kappa shape index (κ3) is 4.63. The first kappa shape index (κ1) is 21.5. The minimum atomic E-state index is -0.0833. The van der Waals surface area contributed by atoms with E-state index in [1.165, 1.54) is 16.9 Å². The molecule has 6 heteroatoms. The summed E-state index contributed by atoms with van der Waals surface area (Å²) in [6.45, 7) is 8.88. The van der Waals surface area contributed by atoms with Gasteiger partial charge in [-0.1, -0.05) is 55.8 Å². The van der Waals surface area contributed by atoms with E-state index in [4.69, 9.17) is 16.6 Å². The van der Waals surface area contributed by atoms with Crippen LogP contribution in [0.15, 0.2) is 60.9 Å². The number of aromatic nitrogens is 2. The lowest BCUT2D eigenvalue weighted by Crippen LogP contribution is -2.30. The van der Waals surface area contributed by atoms with Crippen molar-refractivity contribution < 1.29 is 4.79 Å². The van der Waals surface area contributed by atoms with Crippen LogP contribution >= 0.6 is 22.9 Å². The minimum Gasteiger partial charge on any atom is -0.279 e. The Morgan fingerprint density at radius 1 is 1.06 bits per heavy atom. The van der Waals surface area contributed by atoms with Gasteiger partial charge in [0.1, 0.15) is 0 Å². The van der Waals surface area contributed by atoms with E-state index in [1.54, 1.807) is 17.3 Å². The molecule has 0 fully saturated rings. The fourth-order valence-electron chi connectivity index (χ4n) is 3.42. The first-order valence-corrected chi connectivity index (χ1v) is 11.3. The van der Waals surface area contributed by atoms with Crippen molar-refractivity contribution in [2.45, 2.75) is 39.7 Å². The number of nitrogens with zero attached hydrogens (tertiary/aromatic N) is 3. The zero-order valence-electron chi connectivity index (χ0n) is 18.0. The summed E-state index contributed by atoms with van der Waals surface area (Å²) in [4.78, 5) is 24.2. The van der Waals surface area contributed by atoms with E-state index in [1.807, 2.05) is 55.5 Å². The molecule has 0 atom stereocenters. The molecule has 2 aromatic carbocycles. The van der Waals surface area contributed by atoms with Gasteiger partial charge in [-0.2, -0.15) is 0 Å². The molecule has 0 radical (unpaired) electrons. The van der Waals surface area contributed by atoms with Crippen molar-refractivity contribution in [1.82, 2.24) is 9.97 Å². The summed E-state index contributed by atoms with van der Waals surface area (Å²) in [5.41, 5.74) is 4.72. The maximum atomic E-state index is 13.6. The van der Waals surface area contributed by atoms with Crippen LogP contribution in [0.3, 0.4) is 0 Å². The molecule has 0 aliphatic carbocycles. The van der Waals surface area contributed by atoms with Gasteiger partial charge in [-0.3, -0.25) is 14.7 Å². The van der Waals surface area contributed by atoms with E-state index in [9.17, 15) is 4.79 Å². The molecule has 1 amide bonds. The van der Waals surface area contributed by atoms with Crippen LogP contribution < -0.4 is 4.90 Å². The lowest BCUT2D eigenvalue weighted by molar-refractivity contribution is 0.0985. The highest BCUT2D eigenvalue weighted by Crippen LogP contribution is 2.34. The normalized spacial score (nSPS) is 11.6. The molecule has 0 aliphatic rings. The van der Waals surface area contributed by atoms with Gasteiger partial charge in [-0.25, -0.2) is 4.98 Å². The van der Waals surface area contributed by atoms with Gasteiger partial charge in [0, 0.05) is 23.0 Å². The Hall–Kier alpha value is -2.76. The van der Waals surface area contributed by atoms with Crippen LogP contribution in [0.4, 0.5) is 5.13 Å². The average molecular weight is 450 g/mol. The Kier molecular flexibility index (Phi) is 5.82. The number of carbonyl (C=O) groups is 1. The minimum absolute atomic E-state index is 0.0299. The summed E-state index contributed by atoms with van der Waals surface area (Å²) in [6, 6.07) is 15.5. The number of thiazole rings is 1. The maximum Gasteiger partial charge on any atom is 0.260 e. The second-order valence-corrected chi connectivity index (χ2v) is 10.1. The molecule has 0 N–H and O–H groups in total. The number of rotatable bonds is 4. The largest absolute Gasteiger partial charge is 0.279 e. The highest BCUT2D eigenvalue weighted by Gasteiger charge is 2.23. The van der Waals surface area contributed by atoms with Crippen LogP contribution in [0.2, 0.25) is 5.02 Å². The number of pyridine rings is 1. The summed E-state index contributed by atoms with van der Waals surface area (Å²) in [6.07, 6.45) is 3.47. The second kappa shape index (κ2) is 8.40. The Balaban J connectivity index is 1.76. The van der Waals surface area contributed by atoms with Gasteiger partial charge in [0.25, 0.3) is 5.91 Å². The van der Waals surface area contributed by atoms with Crippen molar-refractivity contribution in [2.24, 2.45) is 0 Å². The van der Waals surface area contributed by atoms with Gasteiger partial charge < -0.3 is 0 Å². The van der Waals surface area contributed by atoms with Gasteiger partial charge in [-0.15, -0.1) is 0 Å². The molecule has 0 aliphatic heterocycles. The molecular formula is C25H24ClN3OS. The number of benzene rings is 2. The molecule has 0 unspecified atom stereocenters.